The van der Waals surface area contributed by atoms with Crippen LogP contribution in [0.3, 0.4) is 0 Å². The molecule has 0 aliphatic rings. The molecule has 0 fully saturated rings. The molecule has 0 aliphatic carbocycles. The van der Waals surface area contributed by atoms with Crippen molar-refractivity contribution in [1.29, 1.82) is 0 Å². The van der Waals surface area contributed by atoms with Gasteiger partial charge in [-0.25, -0.2) is 0 Å². The van der Waals surface area contributed by atoms with E-state index in [0.29, 0.717) is 38.0 Å². The van der Waals surface area contributed by atoms with Crippen molar-refractivity contribution < 1.29 is 27.9 Å². The van der Waals surface area contributed by atoms with Crippen molar-refractivity contribution in [3.05, 3.63) is 105 Å². The Labute approximate surface area is 251 Å². The number of pyridine rings is 1. The molecular weight excluding hydrogens is 588 g/mol. The average molecular weight is 615 g/mol. The lowest BCUT2D eigenvalue weighted by Gasteiger charge is -2.18. The maximum atomic E-state index is 13.7. The number of benzene rings is 3. The minimum Gasteiger partial charge on any atom is -0.481 e. The van der Waals surface area contributed by atoms with Crippen LogP contribution in [0.4, 0.5) is 18.9 Å². The van der Waals surface area contributed by atoms with Gasteiger partial charge in [0.05, 0.1) is 10.6 Å². The number of Topliss-reactive ketones (excluding diaryl/α,β-unsaturated/α-hetero) is 1. The third-order valence-electron chi connectivity index (χ3n) is 6.87. The van der Waals surface area contributed by atoms with Crippen molar-refractivity contribution in [2.45, 2.75) is 45.8 Å². The Morgan fingerprint density at radius 1 is 0.881 bits per heavy atom. The zero-order chi connectivity index (χ0) is 30.6. The van der Waals surface area contributed by atoms with Crippen LogP contribution in [0.5, 0.6) is 0 Å². The van der Waals surface area contributed by atoms with Gasteiger partial charge in [-0.1, -0.05) is 41.4 Å². The SMILES string of the molecule is Cc1cc(Cl)ccc1-c1ccc(NCc2c(C)cc(C(F)(F)F)cc2-c2ccc(C(=O)CCCC(=O)O)nc2)cc1Cl. The summed E-state index contributed by atoms with van der Waals surface area (Å²) in [4.78, 5) is 27.3. The average Bonchev–Trinajstić information content (AvgIpc) is 2.92. The maximum Gasteiger partial charge on any atom is 0.416 e. The fourth-order valence-electron chi connectivity index (χ4n) is 4.68. The van der Waals surface area contributed by atoms with Crippen molar-refractivity contribution >= 4 is 40.6 Å². The molecule has 0 aliphatic heterocycles. The Morgan fingerprint density at radius 2 is 1.62 bits per heavy atom. The van der Waals surface area contributed by atoms with E-state index < -0.39 is 17.7 Å². The summed E-state index contributed by atoms with van der Waals surface area (Å²) < 4.78 is 41.2. The predicted octanol–water partition coefficient (Wildman–Crippen LogP) is 9.41. The number of anilines is 1. The van der Waals surface area contributed by atoms with Gasteiger partial charge in [-0.15, -0.1) is 0 Å². The van der Waals surface area contributed by atoms with Gasteiger partial charge in [0.2, 0.25) is 0 Å². The lowest BCUT2D eigenvalue weighted by molar-refractivity contribution is -0.138. The van der Waals surface area contributed by atoms with Crippen molar-refractivity contribution in [3.63, 3.8) is 0 Å². The quantitative estimate of drug-likeness (QED) is 0.174. The van der Waals surface area contributed by atoms with Gasteiger partial charge < -0.3 is 10.4 Å². The summed E-state index contributed by atoms with van der Waals surface area (Å²) in [5, 5.41) is 13.2. The van der Waals surface area contributed by atoms with Crippen LogP contribution in [-0.4, -0.2) is 21.8 Å². The van der Waals surface area contributed by atoms with E-state index in [1.54, 1.807) is 25.1 Å². The number of carboxylic acid groups (broad SMARTS) is 1. The van der Waals surface area contributed by atoms with Gasteiger partial charge in [0.15, 0.2) is 5.78 Å². The maximum absolute atomic E-state index is 13.7. The molecule has 0 saturated carbocycles. The van der Waals surface area contributed by atoms with E-state index in [0.717, 1.165) is 28.8 Å². The van der Waals surface area contributed by atoms with Crippen molar-refractivity contribution in [2.24, 2.45) is 0 Å². The summed E-state index contributed by atoms with van der Waals surface area (Å²) in [6, 6.07) is 16.2. The third kappa shape index (κ3) is 7.49. The van der Waals surface area contributed by atoms with E-state index in [1.807, 2.05) is 31.2 Å². The van der Waals surface area contributed by atoms with Gasteiger partial charge in [0, 0.05) is 47.4 Å². The van der Waals surface area contributed by atoms with Crippen LogP contribution in [0.15, 0.2) is 66.9 Å². The van der Waals surface area contributed by atoms with Gasteiger partial charge in [-0.3, -0.25) is 14.6 Å². The summed E-state index contributed by atoms with van der Waals surface area (Å²) in [6.45, 7) is 3.75. The van der Waals surface area contributed by atoms with Gasteiger partial charge in [0.1, 0.15) is 5.69 Å². The summed E-state index contributed by atoms with van der Waals surface area (Å²) in [7, 11) is 0. The molecule has 0 bridgehead atoms. The number of aliphatic carboxylic acids is 1. The molecule has 42 heavy (non-hydrogen) atoms. The molecule has 5 nitrogen and oxygen atoms in total. The standard InChI is InChI=1S/C32H27Cl2F3N2O3/c1-18-12-21(32(35,36)37)14-26(20-6-11-29(39-16-20)30(40)4-3-5-31(41)42)27(18)17-38-23-8-10-25(28(34)15-23)24-9-7-22(33)13-19(24)2/h6-16,38H,3-5,17H2,1-2H3,(H,41,42). The number of hydrogen-bond acceptors (Lipinski definition) is 4. The molecule has 1 aromatic heterocycles. The molecule has 0 saturated heterocycles. The number of aromatic nitrogens is 1. The largest absolute Gasteiger partial charge is 0.481 e. The summed E-state index contributed by atoms with van der Waals surface area (Å²) in [5.41, 5.74) is 4.54. The Morgan fingerprint density at radius 3 is 2.24 bits per heavy atom. The highest BCUT2D eigenvalue weighted by Crippen LogP contribution is 2.37. The summed E-state index contributed by atoms with van der Waals surface area (Å²) in [6.07, 6.45) is -3.15. The minimum absolute atomic E-state index is 0.00935. The Hall–Kier alpha value is -3.88. The van der Waals surface area contributed by atoms with Crippen LogP contribution in [-0.2, 0) is 17.5 Å². The van der Waals surface area contributed by atoms with Crippen LogP contribution in [0.2, 0.25) is 10.0 Å². The molecule has 2 N–H and O–H groups in total. The van der Waals surface area contributed by atoms with Crippen LogP contribution < -0.4 is 5.32 Å². The summed E-state index contributed by atoms with van der Waals surface area (Å²) >= 11 is 12.7. The lowest BCUT2D eigenvalue weighted by atomic mass is 9.93. The fraction of sp³-hybridized carbons (Fsp3) is 0.219. The number of nitrogens with zero attached hydrogens (tertiary/aromatic N) is 1. The van der Waals surface area contributed by atoms with Crippen LogP contribution in [0.25, 0.3) is 22.3 Å². The number of hydrogen-bond donors (Lipinski definition) is 2. The van der Waals surface area contributed by atoms with E-state index in [2.05, 4.69) is 10.3 Å². The number of aryl methyl sites for hydroxylation is 2. The normalized spacial score (nSPS) is 11.4. The van der Waals surface area contributed by atoms with E-state index in [9.17, 15) is 22.8 Å². The molecule has 1 heterocycles. The van der Waals surface area contributed by atoms with Crippen LogP contribution in [0, 0.1) is 13.8 Å². The molecule has 4 rings (SSSR count). The molecule has 3 aromatic carbocycles. The molecule has 0 amide bonds. The Balaban J connectivity index is 1.61. The van der Waals surface area contributed by atoms with Crippen molar-refractivity contribution in [2.75, 3.05) is 5.32 Å². The second-order valence-electron chi connectivity index (χ2n) is 9.93. The number of carbonyl (C=O) groups is 2. The number of alkyl halides is 3. The van der Waals surface area contributed by atoms with Crippen LogP contribution >= 0.6 is 23.2 Å². The predicted molar refractivity (Wildman–Crippen MR) is 159 cm³/mol. The van der Waals surface area contributed by atoms with E-state index in [1.165, 1.54) is 12.3 Å². The highest BCUT2D eigenvalue weighted by molar-refractivity contribution is 6.34. The molecular formula is C32H27Cl2F3N2O3. The number of halogens is 5. The second kappa shape index (κ2) is 13.0. The monoisotopic (exact) mass is 614 g/mol. The van der Waals surface area contributed by atoms with Crippen molar-refractivity contribution in [1.82, 2.24) is 4.98 Å². The Bertz CT molecular complexity index is 1640. The number of ketones is 1. The first-order valence-corrected chi connectivity index (χ1v) is 13.8. The van der Waals surface area contributed by atoms with Crippen LogP contribution in [0.1, 0.15) is 52.0 Å². The smallest absolute Gasteiger partial charge is 0.416 e. The zero-order valence-corrected chi connectivity index (χ0v) is 24.3. The number of rotatable bonds is 10. The minimum atomic E-state index is -4.55. The van der Waals surface area contributed by atoms with E-state index >= 15 is 0 Å². The second-order valence-corrected chi connectivity index (χ2v) is 10.8. The molecule has 0 atom stereocenters. The molecule has 10 heteroatoms. The van der Waals surface area contributed by atoms with Gasteiger partial charge in [-0.05, 0) is 90.6 Å². The topological polar surface area (TPSA) is 79.3 Å². The Kier molecular flexibility index (Phi) is 9.59. The summed E-state index contributed by atoms with van der Waals surface area (Å²) in [5.74, 6) is -1.33. The van der Waals surface area contributed by atoms with E-state index in [4.69, 9.17) is 28.3 Å². The molecule has 0 radical (unpaired) electrons. The highest BCUT2D eigenvalue weighted by Gasteiger charge is 2.32. The van der Waals surface area contributed by atoms with E-state index in [-0.39, 0.29) is 37.3 Å². The highest BCUT2D eigenvalue weighted by atomic mass is 35.5. The van der Waals surface area contributed by atoms with Crippen molar-refractivity contribution in [3.8, 4) is 22.3 Å². The van der Waals surface area contributed by atoms with Gasteiger partial charge >= 0.3 is 12.1 Å². The first-order valence-electron chi connectivity index (χ1n) is 13.1. The first-order chi connectivity index (χ1) is 19.8. The number of carbonyl (C=O) groups excluding carboxylic acids is 1. The first kappa shape index (κ1) is 31.1. The zero-order valence-electron chi connectivity index (χ0n) is 22.8. The third-order valence-corrected chi connectivity index (χ3v) is 7.42. The van der Waals surface area contributed by atoms with Gasteiger partial charge in [-0.2, -0.15) is 13.2 Å². The molecule has 4 aromatic rings. The number of nitrogens with one attached hydrogen (secondary N) is 1. The number of carboxylic acids is 1. The van der Waals surface area contributed by atoms with Gasteiger partial charge in [0.25, 0.3) is 0 Å². The fourth-order valence-corrected chi connectivity index (χ4v) is 5.19. The molecule has 0 unspecified atom stereocenters. The lowest BCUT2D eigenvalue weighted by Crippen LogP contribution is -2.10. The molecule has 218 valence electrons. The molecule has 0 spiro atoms.